The Morgan fingerprint density at radius 2 is 1.88 bits per heavy atom. The Morgan fingerprint density at radius 3 is 2.46 bits per heavy atom. The van der Waals surface area contributed by atoms with E-state index in [1.54, 1.807) is 4.90 Å². The average Bonchev–Trinajstić information content (AvgIpc) is 2.52. The molecule has 0 unspecified atom stereocenters. The minimum Gasteiger partial charge on any atom is -0.337 e. The lowest BCUT2D eigenvalue weighted by Gasteiger charge is -2.33. The maximum Gasteiger partial charge on any atom is 0.279 e. The third kappa shape index (κ3) is 4.55. The Morgan fingerprint density at radius 1 is 1.25 bits per heavy atom. The summed E-state index contributed by atoms with van der Waals surface area (Å²) in [5.41, 5.74) is 2.40. The van der Waals surface area contributed by atoms with Crippen LogP contribution in [0.4, 0.5) is 0 Å². The van der Waals surface area contributed by atoms with Crippen molar-refractivity contribution in [1.29, 1.82) is 0 Å². The van der Waals surface area contributed by atoms with Gasteiger partial charge in [0.15, 0.2) is 0 Å². The van der Waals surface area contributed by atoms with Crippen LogP contribution in [0.15, 0.2) is 24.3 Å². The Labute approximate surface area is 145 Å². The smallest absolute Gasteiger partial charge is 0.279 e. The van der Waals surface area contributed by atoms with Crippen LogP contribution in [0.2, 0.25) is 0 Å². The van der Waals surface area contributed by atoms with Crippen molar-refractivity contribution in [2.24, 2.45) is 5.92 Å². The summed E-state index contributed by atoms with van der Waals surface area (Å²) in [6.07, 6.45) is 1.28. The van der Waals surface area contributed by atoms with Crippen molar-refractivity contribution in [2.75, 3.05) is 20.6 Å². The number of nitrogens with one attached hydrogen (secondary N) is 1. The van der Waals surface area contributed by atoms with Gasteiger partial charge in [0.2, 0.25) is 5.91 Å². The van der Waals surface area contributed by atoms with Gasteiger partial charge >= 0.3 is 0 Å². The molecule has 6 nitrogen and oxygen atoms in total. The molecule has 1 heterocycles. The first-order valence-corrected chi connectivity index (χ1v) is 9.70. The average molecular weight is 353 g/mol. The molecule has 0 bridgehead atoms. The first-order chi connectivity index (χ1) is 11.2. The number of hydrogen-bond acceptors (Lipinski definition) is 3. The molecule has 0 radical (unpaired) electrons. The Kier molecular flexibility index (Phi) is 6.01. The van der Waals surface area contributed by atoms with E-state index in [1.165, 1.54) is 19.7 Å². The Balaban J connectivity index is 2.16. The lowest BCUT2D eigenvalue weighted by atomic mass is 9.98. The van der Waals surface area contributed by atoms with Crippen molar-refractivity contribution < 1.29 is 13.2 Å². The first kappa shape index (κ1) is 18.9. The van der Waals surface area contributed by atoms with E-state index in [-0.39, 0.29) is 11.8 Å². The van der Waals surface area contributed by atoms with Gasteiger partial charge in [0, 0.05) is 27.2 Å². The maximum absolute atomic E-state index is 12.9. The van der Waals surface area contributed by atoms with E-state index in [4.69, 9.17) is 0 Å². The van der Waals surface area contributed by atoms with Gasteiger partial charge < -0.3 is 4.90 Å². The molecule has 2 rings (SSSR count). The van der Waals surface area contributed by atoms with E-state index in [9.17, 15) is 13.2 Å². The zero-order valence-corrected chi connectivity index (χ0v) is 15.6. The van der Waals surface area contributed by atoms with Gasteiger partial charge in [-0.1, -0.05) is 38.1 Å². The van der Waals surface area contributed by atoms with Crippen LogP contribution in [0.3, 0.4) is 0 Å². The fourth-order valence-electron chi connectivity index (χ4n) is 2.86. The summed E-state index contributed by atoms with van der Waals surface area (Å²) in [6, 6.07) is 7.34. The number of hydrogen-bond donors (Lipinski definition) is 1. The molecule has 0 aliphatic carbocycles. The normalized spacial score (nSPS) is 16.3. The van der Waals surface area contributed by atoms with Crippen LogP contribution in [0.5, 0.6) is 0 Å². The van der Waals surface area contributed by atoms with Crippen LogP contribution in [0, 0.1) is 5.92 Å². The van der Waals surface area contributed by atoms with E-state index in [2.05, 4.69) is 10.8 Å². The topological polar surface area (TPSA) is 69.7 Å². The summed E-state index contributed by atoms with van der Waals surface area (Å²) < 4.78 is 28.0. The number of amides is 1. The highest BCUT2D eigenvalue weighted by Crippen LogP contribution is 2.20. The molecule has 0 fully saturated rings. The molecule has 24 heavy (non-hydrogen) atoms. The fourth-order valence-corrected chi connectivity index (χ4v) is 3.63. The highest BCUT2D eigenvalue weighted by Gasteiger charge is 2.31. The van der Waals surface area contributed by atoms with Crippen molar-refractivity contribution in [1.82, 2.24) is 13.9 Å². The Hall–Kier alpha value is -1.44. The number of carbonyl (C=O) groups is 1. The number of benzene rings is 1. The van der Waals surface area contributed by atoms with E-state index in [0.717, 1.165) is 16.3 Å². The second kappa shape index (κ2) is 7.63. The van der Waals surface area contributed by atoms with Gasteiger partial charge in [0.25, 0.3) is 10.2 Å². The maximum atomic E-state index is 12.9. The van der Waals surface area contributed by atoms with Crippen molar-refractivity contribution in [3.63, 3.8) is 0 Å². The van der Waals surface area contributed by atoms with Gasteiger partial charge in [-0.25, -0.2) is 0 Å². The molecule has 0 saturated carbocycles. The van der Waals surface area contributed by atoms with Crippen LogP contribution >= 0.6 is 0 Å². The quantitative estimate of drug-likeness (QED) is 0.840. The van der Waals surface area contributed by atoms with Crippen molar-refractivity contribution >= 4 is 16.1 Å². The molecule has 1 aliphatic rings. The third-order valence-electron chi connectivity index (χ3n) is 4.22. The summed E-state index contributed by atoms with van der Waals surface area (Å²) in [6.45, 7) is 5.12. The minimum atomic E-state index is -3.65. The molecule has 1 aliphatic heterocycles. The van der Waals surface area contributed by atoms with E-state index in [1.807, 2.05) is 32.0 Å². The molecule has 0 aromatic heterocycles. The minimum absolute atomic E-state index is 0.149. The third-order valence-corrected chi connectivity index (χ3v) is 5.76. The summed E-state index contributed by atoms with van der Waals surface area (Å²) in [4.78, 5) is 14.7. The molecule has 1 N–H and O–H groups in total. The Bertz CT molecular complexity index is 686. The molecule has 7 heteroatoms. The van der Waals surface area contributed by atoms with Crippen molar-refractivity contribution in [3.05, 3.63) is 35.4 Å². The molecule has 0 saturated heterocycles. The van der Waals surface area contributed by atoms with Gasteiger partial charge in [-0.05, 0) is 29.9 Å². The zero-order valence-electron chi connectivity index (χ0n) is 14.8. The largest absolute Gasteiger partial charge is 0.337 e. The summed E-state index contributed by atoms with van der Waals surface area (Å²) >= 11 is 0. The molecule has 1 aromatic rings. The fraction of sp³-hybridized carbons (Fsp3) is 0.588. The first-order valence-electron chi connectivity index (χ1n) is 8.26. The van der Waals surface area contributed by atoms with E-state index in [0.29, 0.717) is 19.5 Å². The second-order valence-electron chi connectivity index (χ2n) is 6.87. The summed E-state index contributed by atoms with van der Waals surface area (Å²) in [7, 11) is -0.742. The molecule has 134 valence electrons. The number of nitrogens with zero attached hydrogens (tertiary/aromatic N) is 2. The molecular weight excluding hydrogens is 326 g/mol. The van der Waals surface area contributed by atoms with Gasteiger partial charge in [-0.3, -0.25) is 4.79 Å². The van der Waals surface area contributed by atoms with Crippen LogP contribution < -0.4 is 4.72 Å². The molecule has 1 aromatic carbocycles. The highest BCUT2D eigenvalue weighted by molar-refractivity contribution is 7.87. The molecule has 1 amide bonds. The number of fused-ring (bicyclic) bond motifs is 1. The summed E-state index contributed by atoms with van der Waals surface area (Å²) in [5.74, 6) is 0.0597. The monoisotopic (exact) mass is 353 g/mol. The van der Waals surface area contributed by atoms with Crippen LogP contribution in [0.1, 0.15) is 31.4 Å². The van der Waals surface area contributed by atoms with Crippen molar-refractivity contribution in [3.8, 4) is 0 Å². The second-order valence-corrected chi connectivity index (χ2v) is 8.78. The van der Waals surface area contributed by atoms with Crippen molar-refractivity contribution in [2.45, 2.75) is 39.3 Å². The zero-order chi connectivity index (χ0) is 17.9. The van der Waals surface area contributed by atoms with Gasteiger partial charge in [-0.2, -0.15) is 17.4 Å². The number of rotatable bonds is 6. The van der Waals surface area contributed by atoms with Gasteiger partial charge in [0.05, 0.1) is 0 Å². The molecule has 1 atom stereocenters. The summed E-state index contributed by atoms with van der Waals surface area (Å²) in [5, 5.41) is 0. The number of carbonyl (C=O) groups excluding carboxylic acids is 1. The lowest BCUT2D eigenvalue weighted by molar-refractivity contribution is -0.134. The van der Waals surface area contributed by atoms with E-state index < -0.39 is 16.3 Å². The molecule has 0 spiro atoms. The lowest BCUT2D eigenvalue weighted by Crippen LogP contribution is -2.52. The standard InChI is InChI=1S/C17H27N3O3S/c1-13(2)11-16(18-24(22,23)19(3)4)17(21)20-10-9-14-7-5-6-8-15(14)12-20/h5-8,13,16,18H,9-12H2,1-4H3/t16-/m0/s1. The highest BCUT2D eigenvalue weighted by atomic mass is 32.2. The predicted octanol–water partition coefficient (Wildman–Crippen LogP) is 1.38. The SMILES string of the molecule is CC(C)C[C@H](NS(=O)(=O)N(C)C)C(=O)N1CCc2ccccc2C1. The van der Waals surface area contributed by atoms with E-state index >= 15 is 0 Å². The van der Waals surface area contributed by atoms with Gasteiger partial charge in [0.1, 0.15) is 6.04 Å². The van der Waals surface area contributed by atoms with Crippen LogP contribution in [-0.2, 0) is 28.0 Å². The van der Waals surface area contributed by atoms with Crippen LogP contribution in [-0.4, -0.2) is 50.2 Å². The van der Waals surface area contributed by atoms with Gasteiger partial charge in [-0.15, -0.1) is 0 Å². The predicted molar refractivity (Wildman–Crippen MR) is 94.5 cm³/mol. The molecular formula is C17H27N3O3S. The van der Waals surface area contributed by atoms with Crippen LogP contribution in [0.25, 0.3) is 0 Å².